The first-order valence-corrected chi connectivity index (χ1v) is 9.35. The summed E-state index contributed by atoms with van der Waals surface area (Å²) in [5.41, 5.74) is 3.30. The lowest BCUT2D eigenvalue weighted by atomic mass is 10.2. The molecule has 132 valence electrons. The number of aryl methyl sites for hydroxylation is 1. The van der Waals surface area contributed by atoms with Crippen LogP contribution in [-0.2, 0) is 11.8 Å². The van der Waals surface area contributed by atoms with Crippen LogP contribution in [0.5, 0.6) is 0 Å². The van der Waals surface area contributed by atoms with Crippen LogP contribution in [0.15, 0.2) is 36.7 Å². The van der Waals surface area contributed by atoms with Crippen LogP contribution < -0.4 is 10.2 Å². The normalized spacial score (nSPS) is 23.2. The minimum absolute atomic E-state index is 0.0750. The van der Waals surface area contributed by atoms with Gasteiger partial charge in [0.1, 0.15) is 0 Å². The van der Waals surface area contributed by atoms with Gasteiger partial charge in [0.25, 0.3) is 0 Å². The number of nitrogens with one attached hydrogen (secondary N) is 1. The number of aromatic nitrogens is 2. The number of rotatable bonds is 4. The highest BCUT2D eigenvalue weighted by molar-refractivity contribution is 5.95. The Labute approximate surface area is 149 Å². The van der Waals surface area contributed by atoms with Crippen LogP contribution in [0.2, 0.25) is 0 Å². The summed E-state index contributed by atoms with van der Waals surface area (Å²) >= 11 is 0. The van der Waals surface area contributed by atoms with Crippen molar-refractivity contribution in [2.24, 2.45) is 13.0 Å². The SMILES string of the molecule is Cn1cc([C@H]2C[C@H]2C(=O)Nc2cccc(N3CCCCCC3)c2)cn1. The summed E-state index contributed by atoms with van der Waals surface area (Å²) in [5.74, 6) is 0.524. The molecular formula is C20H26N4O. The Balaban J connectivity index is 1.39. The van der Waals surface area contributed by atoms with Crippen LogP contribution in [0.25, 0.3) is 0 Å². The molecule has 1 aliphatic heterocycles. The molecule has 1 aliphatic carbocycles. The zero-order valence-electron chi connectivity index (χ0n) is 14.8. The van der Waals surface area contributed by atoms with Crippen molar-refractivity contribution in [3.63, 3.8) is 0 Å². The van der Waals surface area contributed by atoms with E-state index < -0.39 is 0 Å². The zero-order chi connectivity index (χ0) is 17.2. The monoisotopic (exact) mass is 338 g/mol. The number of hydrogen-bond donors (Lipinski definition) is 1. The van der Waals surface area contributed by atoms with Crippen molar-refractivity contribution in [3.05, 3.63) is 42.2 Å². The summed E-state index contributed by atoms with van der Waals surface area (Å²) in [5, 5.41) is 7.32. The second-order valence-electron chi connectivity index (χ2n) is 7.34. The molecule has 1 saturated heterocycles. The Morgan fingerprint density at radius 2 is 2.00 bits per heavy atom. The molecular weight excluding hydrogens is 312 g/mol. The fourth-order valence-electron chi connectivity index (χ4n) is 3.83. The second kappa shape index (κ2) is 6.90. The predicted octanol–water partition coefficient (Wildman–Crippen LogP) is 3.54. The molecule has 2 aliphatic rings. The highest BCUT2D eigenvalue weighted by atomic mass is 16.2. The summed E-state index contributed by atoms with van der Waals surface area (Å²) in [4.78, 5) is 15.0. The van der Waals surface area contributed by atoms with Gasteiger partial charge in [-0.05, 0) is 48.9 Å². The molecule has 2 heterocycles. The molecule has 0 unspecified atom stereocenters. The Kier molecular flexibility index (Phi) is 4.47. The Morgan fingerprint density at radius 1 is 1.20 bits per heavy atom. The molecule has 4 rings (SSSR count). The van der Waals surface area contributed by atoms with Gasteiger partial charge in [-0.15, -0.1) is 0 Å². The van der Waals surface area contributed by atoms with Crippen molar-refractivity contribution in [3.8, 4) is 0 Å². The third-order valence-corrected chi connectivity index (χ3v) is 5.37. The summed E-state index contributed by atoms with van der Waals surface area (Å²) in [6.45, 7) is 2.23. The molecule has 1 N–H and O–H groups in total. The van der Waals surface area contributed by atoms with Crippen molar-refractivity contribution >= 4 is 17.3 Å². The molecule has 5 nitrogen and oxygen atoms in total. The Hall–Kier alpha value is -2.30. The van der Waals surface area contributed by atoms with Gasteiger partial charge in [-0.2, -0.15) is 5.10 Å². The molecule has 0 radical (unpaired) electrons. The topological polar surface area (TPSA) is 50.2 Å². The molecule has 2 aromatic rings. The van der Waals surface area contributed by atoms with Gasteiger partial charge in [-0.1, -0.05) is 18.9 Å². The smallest absolute Gasteiger partial charge is 0.228 e. The van der Waals surface area contributed by atoms with Gasteiger partial charge in [0.05, 0.1) is 6.20 Å². The molecule has 5 heteroatoms. The zero-order valence-corrected chi connectivity index (χ0v) is 14.8. The molecule has 25 heavy (non-hydrogen) atoms. The highest BCUT2D eigenvalue weighted by Gasteiger charge is 2.44. The first-order chi connectivity index (χ1) is 12.2. The molecule has 1 saturated carbocycles. The predicted molar refractivity (Wildman–Crippen MR) is 99.8 cm³/mol. The van der Waals surface area contributed by atoms with Crippen LogP contribution in [0, 0.1) is 5.92 Å². The fourth-order valence-corrected chi connectivity index (χ4v) is 3.83. The van der Waals surface area contributed by atoms with Crippen molar-refractivity contribution < 1.29 is 4.79 Å². The van der Waals surface area contributed by atoms with E-state index in [2.05, 4.69) is 27.4 Å². The fraction of sp³-hybridized carbons (Fsp3) is 0.500. The number of nitrogens with zero attached hydrogens (tertiary/aromatic N) is 3. The average Bonchev–Trinajstić information content (AvgIpc) is 3.36. The van der Waals surface area contributed by atoms with E-state index in [0.29, 0.717) is 5.92 Å². The maximum absolute atomic E-state index is 12.6. The van der Waals surface area contributed by atoms with Crippen molar-refractivity contribution in [1.29, 1.82) is 0 Å². The summed E-state index contributed by atoms with van der Waals surface area (Å²) < 4.78 is 1.80. The van der Waals surface area contributed by atoms with Crippen molar-refractivity contribution in [2.45, 2.75) is 38.0 Å². The van der Waals surface area contributed by atoms with Gasteiger partial charge >= 0.3 is 0 Å². The second-order valence-corrected chi connectivity index (χ2v) is 7.34. The summed E-state index contributed by atoms with van der Waals surface area (Å²) in [6, 6.07) is 8.29. The lowest BCUT2D eigenvalue weighted by molar-refractivity contribution is -0.117. The third-order valence-electron chi connectivity index (χ3n) is 5.37. The Bertz CT molecular complexity index is 746. The van der Waals surface area contributed by atoms with Crippen LogP contribution in [0.1, 0.15) is 43.6 Å². The van der Waals surface area contributed by atoms with Crippen molar-refractivity contribution in [1.82, 2.24) is 9.78 Å². The van der Waals surface area contributed by atoms with E-state index in [1.807, 2.05) is 31.6 Å². The Morgan fingerprint density at radius 3 is 2.72 bits per heavy atom. The number of carbonyl (C=O) groups is 1. The van der Waals surface area contributed by atoms with Gasteiger partial charge < -0.3 is 10.2 Å². The third kappa shape index (κ3) is 3.70. The van der Waals surface area contributed by atoms with E-state index in [4.69, 9.17) is 0 Å². The first-order valence-electron chi connectivity index (χ1n) is 9.35. The molecule has 1 aromatic carbocycles. The van der Waals surface area contributed by atoms with E-state index in [1.54, 1.807) is 4.68 Å². The lowest BCUT2D eigenvalue weighted by Crippen LogP contribution is -2.24. The van der Waals surface area contributed by atoms with Gasteiger partial charge in [-0.25, -0.2) is 0 Å². The van der Waals surface area contributed by atoms with Crippen LogP contribution in [-0.4, -0.2) is 28.8 Å². The van der Waals surface area contributed by atoms with Gasteiger partial charge in [0, 0.05) is 43.6 Å². The largest absolute Gasteiger partial charge is 0.371 e. The molecule has 0 bridgehead atoms. The maximum atomic E-state index is 12.6. The standard InChI is InChI=1S/C20H26N4O/c1-23-14-15(13-21-23)18-12-19(18)20(25)22-16-7-6-8-17(11-16)24-9-4-2-3-5-10-24/h6-8,11,13-14,18-19H,2-5,9-10,12H2,1H3,(H,22,25)/t18-,19-/m1/s1. The molecule has 2 fully saturated rings. The number of carbonyl (C=O) groups excluding carboxylic acids is 1. The first kappa shape index (κ1) is 16.2. The molecule has 2 atom stereocenters. The van der Waals surface area contributed by atoms with E-state index in [-0.39, 0.29) is 11.8 Å². The lowest BCUT2D eigenvalue weighted by Gasteiger charge is -2.23. The summed E-state index contributed by atoms with van der Waals surface area (Å²) in [6.07, 6.45) is 9.96. The maximum Gasteiger partial charge on any atom is 0.228 e. The van der Waals surface area contributed by atoms with Crippen LogP contribution in [0.4, 0.5) is 11.4 Å². The molecule has 1 amide bonds. The van der Waals surface area contributed by atoms with E-state index in [0.717, 1.165) is 25.2 Å². The van der Waals surface area contributed by atoms with Gasteiger partial charge in [0.15, 0.2) is 0 Å². The molecule has 1 aromatic heterocycles. The molecule has 0 spiro atoms. The number of amides is 1. The van der Waals surface area contributed by atoms with Crippen LogP contribution >= 0.6 is 0 Å². The number of hydrogen-bond acceptors (Lipinski definition) is 3. The average molecular weight is 338 g/mol. The van der Waals surface area contributed by atoms with Gasteiger partial charge in [0.2, 0.25) is 5.91 Å². The van der Waals surface area contributed by atoms with Gasteiger partial charge in [-0.3, -0.25) is 9.48 Å². The summed E-state index contributed by atoms with van der Waals surface area (Å²) in [7, 11) is 1.91. The van der Waals surface area contributed by atoms with E-state index in [9.17, 15) is 4.79 Å². The minimum atomic E-state index is 0.0750. The highest BCUT2D eigenvalue weighted by Crippen LogP contribution is 2.47. The number of benzene rings is 1. The quantitative estimate of drug-likeness (QED) is 0.927. The minimum Gasteiger partial charge on any atom is -0.371 e. The number of anilines is 2. The van der Waals surface area contributed by atoms with E-state index in [1.165, 1.54) is 36.9 Å². The van der Waals surface area contributed by atoms with Crippen molar-refractivity contribution in [2.75, 3.05) is 23.3 Å². The van der Waals surface area contributed by atoms with E-state index >= 15 is 0 Å². The van der Waals surface area contributed by atoms with Crippen LogP contribution in [0.3, 0.4) is 0 Å².